The van der Waals surface area contributed by atoms with Crippen molar-refractivity contribution in [2.45, 2.75) is 77.5 Å². The third-order valence-electron chi connectivity index (χ3n) is 7.12. The maximum Gasteiger partial charge on any atom is 0.391 e. The molecule has 0 bridgehead atoms. The highest BCUT2D eigenvalue weighted by molar-refractivity contribution is 7.91. The third kappa shape index (κ3) is 7.67. The quantitative estimate of drug-likeness (QED) is 0.399. The van der Waals surface area contributed by atoms with Crippen LogP contribution in [0, 0.1) is 18.8 Å². The van der Waals surface area contributed by atoms with E-state index in [1.54, 1.807) is 13.8 Å². The van der Waals surface area contributed by atoms with E-state index < -0.39 is 40.9 Å². The van der Waals surface area contributed by atoms with Crippen LogP contribution in [-0.2, 0) is 22.8 Å². The Balaban J connectivity index is 1.83. The molecule has 0 spiro atoms. The summed E-state index contributed by atoms with van der Waals surface area (Å²) in [5, 5.41) is 6.81. The van der Waals surface area contributed by atoms with Gasteiger partial charge in [-0.3, -0.25) is 14.5 Å². The first-order valence-corrected chi connectivity index (χ1v) is 14.6. The molecule has 1 fully saturated rings. The number of pyridine rings is 1. The summed E-state index contributed by atoms with van der Waals surface area (Å²) in [4.78, 5) is 17.1. The minimum atomic E-state index is -4.48. The molecule has 0 saturated heterocycles. The number of hydrogen-bond acceptors (Lipinski definition) is 6. The minimum absolute atomic E-state index is 0.0643. The molecule has 0 aromatic carbocycles. The van der Waals surface area contributed by atoms with Crippen molar-refractivity contribution in [1.29, 1.82) is 0 Å². The van der Waals surface area contributed by atoms with Gasteiger partial charge in [-0.2, -0.15) is 27.1 Å². The van der Waals surface area contributed by atoms with Gasteiger partial charge in [0, 0.05) is 49.3 Å². The van der Waals surface area contributed by atoms with Gasteiger partial charge in [0.05, 0.1) is 22.4 Å². The normalized spacial score (nSPS) is 19.2. The fraction of sp³-hybridized carbons (Fsp3) is 0.640. The van der Waals surface area contributed by atoms with Crippen molar-refractivity contribution in [3.63, 3.8) is 0 Å². The zero-order valence-corrected chi connectivity index (χ0v) is 23.0. The molecule has 218 valence electrons. The highest BCUT2D eigenvalue weighted by Crippen LogP contribution is 2.36. The number of carbonyl (C=O) groups is 1. The molecule has 3 rings (SSSR count). The van der Waals surface area contributed by atoms with E-state index in [1.807, 2.05) is 0 Å². The van der Waals surface area contributed by atoms with E-state index in [9.17, 15) is 35.2 Å². The smallest absolute Gasteiger partial charge is 0.391 e. The maximum absolute atomic E-state index is 13.2. The van der Waals surface area contributed by atoms with Crippen LogP contribution in [0.25, 0.3) is 11.3 Å². The first kappa shape index (κ1) is 30.8. The molecule has 39 heavy (non-hydrogen) atoms. The van der Waals surface area contributed by atoms with Gasteiger partial charge in [0.25, 0.3) is 5.91 Å². The van der Waals surface area contributed by atoms with Crippen LogP contribution < -0.4 is 10.1 Å². The monoisotopic (exact) mass is 580 g/mol. The summed E-state index contributed by atoms with van der Waals surface area (Å²) in [6.07, 6.45) is -0.223. The van der Waals surface area contributed by atoms with Crippen molar-refractivity contribution in [3.05, 3.63) is 29.2 Å². The van der Waals surface area contributed by atoms with Crippen LogP contribution >= 0.6 is 0 Å². The molecule has 8 nitrogen and oxygen atoms in total. The Hall–Kier alpha value is -2.77. The summed E-state index contributed by atoms with van der Waals surface area (Å²) in [6, 6.07) is 1.06. The van der Waals surface area contributed by atoms with Gasteiger partial charge in [0.2, 0.25) is 0 Å². The van der Waals surface area contributed by atoms with Crippen LogP contribution in [0.4, 0.5) is 22.0 Å². The second-order valence-electron chi connectivity index (χ2n) is 10.0. The van der Waals surface area contributed by atoms with Crippen molar-refractivity contribution in [2.75, 3.05) is 12.8 Å². The van der Waals surface area contributed by atoms with Crippen LogP contribution in [-0.4, -0.2) is 59.9 Å². The number of amides is 1. The highest BCUT2D eigenvalue weighted by Gasteiger charge is 2.36. The fourth-order valence-corrected chi connectivity index (χ4v) is 5.94. The number of ether oxygens (including phenoxy) is 1. The lowest BCUT2D eigenvalue weighted by atomic mass is 9.89. The molecule has 1 atom stereocenters. The first-order chi connectivity index (χ1) is 18.1. The van der Waals surface area contributed by atoms with Gasteiger partial charge in [0.1, 0.15) is 15.6 Å². The zero-order valence-electron chi connectivity index (χ0n) is 22.2. The second-order valence-corrected chi connectivity index (χ2v) is 12.3. The predicted octanol–water partition coefficient (Wildman–Crippen LogP) is 4.95. The molecule has 14 heteroatoms. The van der Waals surface area contributed by atoms with Gasteiger partial charge in [-0.05, 0) is 45.4 Å². The second kappa shape index (κ2) is 12.2. The number of hydrogen-bond donors (Lipinski definition) is 1. The predicted molar refractivity (Wildman–Crippen MR) is 134 cm³/mol. The molecule has 0 unspecified atom stereocenters. The van der Waals surface area contributed by atoms with Gasteiger partial charge < -0.3 is 10.1 Å². The summed E-state index contributed by atoms with van der Waals surface area (Å²) in [5.74, 6) is -2.47. The van der Waals surface area contributed by atoms with E-state index in [2.05, 4.69) is 20.1 Å². The van der Waals surface area contributed by atoms with E-state index in [4.69, 9.17) is 0 Å². The van der Waals surface area contributed by atoms with E-state index in [0.717, 1.165) is 19.2 Å². The van der Waals surface area contributed by atoms with Crippen LogP contribution in [0.15, 0.2) is 12.3 Å². The van der Waals surface area contributed by atoms with Gasteiger partial charge in [-0.15, -0.1) is 0 Å². The Labute approximate surface area is 224 Å². The van der Waals surface area contributed by atoms with E-state index >= 15 is 0 Å². The molecular formula is C25H33F5N4O4S. The van der Waals surface area contributed by atoms with Crippen molar-refractivity contribution >= 4 is 15.7 Å². The summed E-state index contributed by atoms with van der Waals surface area (Å²) < 4.78 is 95.1. The standard InChI is InChI=1S/C25H33F5N4O4S/c1-5-34-22(19-13-31-17(10-14(2)25(28,29)30)11-20(19)38-24(26)27)15(3)21(33-34)23(35)32-12-16-6-8-18(9-7-16)39(4,36)37/h11,13-14,16,18,24H,5-10,12H2,1-4H3,(H,32,35)/t14-,16?,18?/m0/s1. The average molecular weight is 581 g/mol. The number of carbonyl (C=O) groups excluding carboxylic acids is 1. The van der Waals surface area contributed by atoms with Gasteiger partial charge in [-0.1, -0.05) is 6.92 Å². The third-order valence-corrected chi connectivity index (χ3v) is 8.80. The highest BCUT2D eigenvalue weighted by atomic mass is 32.2. The van der Waals surface area contributed by atoms with Crippen LogP contribution in [0.2, 0.25) is 0 Å². The summed E-state index contributed by atoms with van der Waals surface area (Å²) >= 11 is 0. The summed E-state index contributed by atoms with van der Waals surface area (Å²) in [6.45, 7) is 1.65. The first-order valence-electron chi connectivity index (χ1n) is 12.7. The van der Waals surface area contributed by atoms with Gasteiger partial charge in [0.15, 0.2) is 5.69 Å². The molecule has 2 heterocycles. The van der Waals surface area contributed by atoms with Crippen molar-refractivity contribution in [1.82, 2.24) is 20.1 Å². The summed E-state index contributed by atoms with van der Waals surface area (Å²) in [5.41, 5.74) is 0.725. The minimum Gasteiger partial charge on any atom is -0.434 e. The zero-order chi connectivity index (χ0) is 29.1. The molecule has 1 amide bonds. The number of nitrogens with one attached hydrogen (secondary N) is 1. The molecule has 1 aliphatic carbocycles. The van der Waals surface area contributed by atoms with Gasteiger partial charge >= 0.3 is 12.8 Å². The molecule has 1 saturated carbocycles. The Morgan fingerprint density at radius 1 is 1.23 bits per heavy atom. The Morgan fingerprint density at radius 3 is 2.41 bits per heavy atom. The Bertz CT molecular complexity index is 1270. The number of aromatic nitrogens is 3. The largest absolute Gasteiger partial charge is 0.434 e. The molecule has 1 N–H and O–H groups in total. The van der Waals surface area contributed by atoms with Crippen LogP contribution in [0.5, 0.6) is 5.75 Å². The Kier molecular flexibility index (Phi) is 9.60. The number of aryl methyl sites for hydroxylation is 1. The molecule has 0 radical (unpaired) electrons. The number of sulfone groups is 1. The SMILES string of the molecule is CCn1nc(C(=O)NCC2CCC(S(C)(=O)=O)CC2)c(C)c1-c1cnc(C[C@H](C)C(F)(F)F)cc1OC(F)F. The molecular weight excluding hydrogens is 547 g/mol. The number of halogens is 5. The Morgan fingerprint density at radius 2 is 1.87 bits per heavy atom. The van der Waals surface area contributed by atoms with E-state index in [1.165, 1.54) is 10.9 Å². The van der Waals surface area contributed by atoms with Crippen LogP contribution in [0.1, 0.15) is 61.3 Å². The molecule has 1 aliphatic rings. The molecule has 2 aromatic heterocycles. The lowest BCUT2D eigenvalue weighted by Gasteiger charge is -2.27. The number of nitrogens with zero attached hydrogens (tertiary/aromatic N) is 3. The van der Waals surface area contributed by atoms with Crippen molar-refractivity contribution < 1.29 is 39.9 Å². The molecule has 2 aromatic rings. The average Bonchev–Trinajstić information content (AvgIpc) is 3.17. The lowest BCUT2D eigenvalue weighted by molar-refractivity contribution is -0.169. The van der Waals surface area contributed by atoms with Gasteiger partial charge in [-0.25, -0.2) is 8.42 Å². The van der Waals surface area contributed by atoms with Crippen molar-refractivity contribution in [3.8, 4) is 17.0 Å². The maximum atomic E-state index is 13.2. The number of alkyl halides is 5. The molecule has 0 aliphatic heterocycles. The summed E-state index contributed by atoms with van der Waals surface area (Å²) in [7, 11) is -3.10. The lowest BCUT2D eigenvalue weighted by Crippen LogP contribution is -2.34. The van der Waals surface area contributed by atoms with Crippen molar-refractivity contribution in [2.24, 2.45) is 11.8 Å². The van der Waals surface area contributed by atoms with Crippen LogP contribution in [0.3, 0.4) is 0 Å². The topological polar surface area (TPSA) is 103 Å². The number of rotatable bonds is 10. The fourth-order valence-electron chi connectivity index (χ4n) is 4.81. The van der Waals surface area contributed by atoms with E-state index in [0.29, 0.717) is 37.8 Å². The van der Waals surface area contributed by atoms with E-state index in [-0.39, 0.29) is 46.1 Å².